The van der Waals surface area contributed by atoms with E-state index in [2.05, 4.69) is 21.2 Å². The number of hydrogen-bond acceptors (Lipinski definition) is 8. The zero-order valence-corrected chi connectivity index (χ0v) is 21.8. The number of aliphatic hydroxyl groups is 1. The summed E-state index contributed by atoms with van der Waals surface area (Å²) in [6, 6.07) is 17.6. The molecule has 1 saturated heterocycles. The molecule has 36 heavy (non-hydrogen) atoms. The molecule has 1 aliphatic rings. The summed E-state index contributed by atoms with van der Waals surface area (Å²) in [6.45, 7) is 3.53. The van der Waals surface area contributed by atoms with Gasteiger partial charge in [-0.15, -0.1) is 0 Å². The summed E-state index contributed by atoms with van der Waals surface area (Å²) in [7, 11) is 0. The van der Waals surface area contributed by atoms with Crippen LogP contribution in [0.2, 0.25) is 0 Å². The molecule has 9 nitrogen and oxygen atoms in total. The van der Waals surface area contributed by atoms with Gasteiger partial charge in [-0.05, 0) is 31.5 Å². The fourth-order valence-corrected chi connectivity index (χ4v) is 3.89. The van der Waals surface area contributed by atoms with Crippen molar-refractivity contribution in [3.8, 4) is 0 Å². The molecule has 1 fully saturated rings. The zero-order valence-electron chi connectivity index (χ0n) is 20.2. The van der Waals surface area contributed by atoms with Gasteiger partial charge in [-0.2, -0.15) is 0 Å². The second-order valence-electron chi connectivity index (χ2n) is 8.45. The molecule has 0 spiro atoms. The van der Waals surface area contributed by atoms with E-state index in [1.807, 2.05) is 30.3 Å². The Morgan fingerprint density at radius 1 is 0.972 bits per heavy atom. The van der Waals surface area contributed by atoms with E-state index in [0.717, 1.165) is 5.56 Å². The van der Waals surface area contributed by atoms with E-state index in [1.165, 1.54) is 0 Å². The van der Waals surface area contributed by atoms with Gasteiger partial charge in [0.25, 0.3) is 0 Å². The highest BCUT2D eigenvalue weighted by atomic mass is 79.9. The smallest absolute Gasteiger partial charge is 0.407 e. The van der Waals surface area contributed by atoms with Gasteiger partial charge in [0.2, 0.25) is 0 Å². The molecule has 0 aromatic heterocycles. The molecule has 2 aromatic rings. The van der Waals surface area contributed by atoms with Crippen molar-refractivity contribution in [1.82, 2.24) is 5.32 Å². The van der Waals surface area contributed by atoms with Crippen LogP contribution in [0.15, 0.2) is 60.7 Å². The van der Waals surface area contributed by atoms with Gasteiger partial charge in [0.05, 0.1) is 25.4 Å². The van der Waals surface area contributed by atoms with Crippen molar-refractivity contribution in [3.05, 3.63) is 71.8 Å². The summed E-state index contributed by atoms with van der Waals surface area (Å²) in [5.74, 6) is -0.640. The first-order valence-electron chi connectivity index (χ1n) is 11.8. The average Bonchev–Trinajstić information content (AvgIpc) is 2.88. The molecule has 2 N–H and O–H groups in total. The molecule has 0 bridgehead atoms. The van der Waals surface area contributed by atoms with Gasteiger partial charge < -0.3 is 34.1 Å². The molecule has 0 saturated carbocycles. The summed E-state index contributed by atoms with van der Waals surface area (Å²) >= 11 is 3.30. The topological polar surface area (TPSA) is 113 Å². The minimum atomic E-state index is -1.17. The molecule has 2 aromatic carbocycles. The monoisotopic (exact) mass is 565 g/mol. The lowest BCUT2D eigenvalue weighted by Gasteiger charge is -2.44. The van der Waals surface area contributed by atoms with Crippen molar-refractivity contribution in [2.24, 2.45) is 0 Å². The minimum Gasteiger partial charge on any atom is -0.449 e. The fraction of sp³-hybridized carbons (Fsp3) is 0.462. The second-order valence-corrected chi connectivity index (χ2v) is 9.24. The third kappa shape index (κ3) is 8.01. The van der Waals surface area contributed by atoms with Gasteiger partial charge in [-0.1, -0.05) is 64.5 Å². The van der Waals surface area contributed by atoms with E-state index in [0.29, 0.717) is 10.9 Å². The molecule has 0 unspecified atom stereocenters. The highest BCUT2D eigenvalue weighted by Gasteiger charge is 2.51. The number of amides is 1. The average molecular weight is 566 g/mol. The zero-order chi connectivity index (χ0) is 25.9. The van der Waals surface area contributed by atoms with E-state index < -0.39 is 49.4 Å². The fourth-order valence-electron chi connectivity index (χ4n) is 3.71. The Bertz CT molecular complexity index is 945. The lowest BCUT2D eigenvalue weighted by Crippen LogP contribution is -2.63. The number of aliphatic hydroxyl groups excluding tert-OH is 1. The van der Waals surface area contributed by atoms with Gasteiger partial charge in [-0.25, -0.2) is 9.59 Å². The molecule has 0 radical (unpaired) electrons. The Morgan fingerprint density at radius 3 is 2.25 bits per heavy atom. The Kier molecular flexibility index (Phi) is 11.1. The maximum atomic E-state index is 13.0. The Hall–Kier alpha value is -2.50. The number of nitrogens with one attached hydrogen (secondary N) is 1. The molecule has 1 heterocycles. The van der Waals surface area contributed by atoms with E-state index >= 15 is 0 Å². The largest absolute Gasteiger partial charge is 0.449 e. The predicted octanol–water partition coefficient (Wildman–Crippen LogP) is 3.43. The predicted molar refractivity (Wildman–Crippen MR) is 135 cm³/mol. The number of halogens is 1. The maximum absolute atomic E-state index is 13.0. The van der Waals surface area contributed by atoms with Crippen LogP contribution in [0.1, 0.15) is 29.8 Å². The first-order chi connectivity index (χ1) is 17.4. The van der Waals surface area contributed by atoms with Crippen molar-refractivity contribution in [2.45, 2.75) is 57.2 Å². The molecule has 196 valence electrons. The van der Waals surface area contributed by atoms with Gasteiger partial charge in [0, 0.05) is 11.4 Å². The number of hydrogen-bond donors (Lipinski definition) is 2. The number of alkyl carbamates (subject to hydrolysis) is 1. The first-order valence-corrected chi connectivity index (χ1v) is 12.9. The van der Waals surface area contributed by atoms with Crippen LogP contribution in [-0.2, 0) is 30.3 Å². The standard InChI is InChI=1S/C26H32BrNO8/c1-17(2)28-26(31)36-22-21(33-16-18-9-5-3-6-10-18)20(15-29)34-25(32-14-13-27)23(22)35-24(30)19-11-7-4-8-12-19/h3-12,17,20-23,25,29H,13-16H2,1-2H3,(H,28,31)/t20-,21-,22+,23-,25-/m1/s1. The molecular weight excluding hydrogens is 534 g/mol. The van der Waals surface area contributed by atoms with Crippen LogP contribution in [0.3, 0.4) is 0 Å². The van der Waals surface area contributed by atoms with E-state index in [-0.39, 0.29) is 19.3 Å². The molecular formula is C26H32BrNO8. The van der Waals surface area contributed by atoms with Crippen molar-refractivity contribution >= 4 is 28.0 Å². The molecule has 5 atom stereocenters. The number of ether oxygens (including phenoxy) is 5. The van der Waals surface area contributed by atoms with Crippen LogP contribution in [0.25, 0.3) is 0 Å². The number of rotatable bonds is 11. The van der Waals surface area contributed by atoms with Gasteiger partial charge >= 0.3 is 12.1 Å². The summed E-state index contributed by atoms with van der Waals surface area (Å²) in [5, 5.41) is 13.3. The van der Waals surface area contributed by atoms with Crippen molar-refractivity contribution in [1.29, 1.82) is 0 Å². The van der Waals surface area contributed by atoms with Crippen LogP contribution >= 0.6 is 15.9 Å². The summed E-state index contributed by atoms with van der Waals surface area (Å²) in [5.41, 5.74) is 1.18. The SMILES string of the molecule is CC(C)NC(=O)O[C@@H]1[C@@H](OC(=O)c2ccccc2)[C@H](OCCBr)O[C@H](CO)[C@H]1OCc1ccccc1. The Labute approximate surface area is 219 Å². The van der Waals surface area contributed by atoms with Gasteiger partial charge in [0.15, 0.2) is 18.5 Å². The molecule has 0 aliphatic carbocycles. The maximum Gasteiger partial charge on any atom is 0.407 e. The third-order valence-electron chi connectivity index (χ3n) is 5.32. The highest BCUT2D eigenvalue weighted by molar-refractivity contribution is 9.09. The van der Waals surface area contributed by atoms with Gasteiger partial charge in [-0.3, -0.25) is 0 Å². The van der Waals surface area contributed by atoms with E-state index in [1.54, 1.807) is 44.2 Å². The molecule has 1 amide bonds. The number of carbonyl (C=O) groups excluding carboxylic acids is 2. The third-order valence-corrected chi connectivity index (χ3v) is 5.64. The highest BCUT2D eigenvalue weighted by Crippen LogP contribution is 2.30. The van der Waals surface area contributed by atoms with Gasteiger partial charge in [0.1, 0.15) is 12.2 Å². The van der Waals surface area contributed by atoms with Crippen LogP contribution in [0, 0.1) is 0 Å². The number of carbonyl (C=O) groups is 2. The van der Waals surface area contributed by atoms with Crippen LogP contribution < -0.4 is 5.32 Å². The Morgan fingerprint density at radius 2 is 1.64 bits per heavy atom. The minimum absolute atomic E-state index is 0.156. The first kappa shape index (κ1) is 28.1. The van der Waals surface area contributed by atoms with E-state index in [4.69, 9.17) is 23.7 Å². The number of alkyl halides is 1. The van der Waals surface area contributed by atoms with Crippen molar-refractivity contribution in [3.63, 3.8) is 0 Å². The quantitative estimate of drug-likeness (QED) is 0.315. The molecule has 10 heteroatoms. The van der Waals surface area contributed by atoms with Crippen LogP contribution in [0.4, 0.5) is 4.79 Å². The second kappa shape index (κ2) is 14.3. The van der Waals surface area contributed by atoms with Crippen LogP contribution in [-0.4, -0.2) is 72.5 Å². The van der Waals surface area contributed by atoms with Crippen LogP contribution in [0.5, 0.6) is 0 Å². The Balaban J connectivity index is 1.92. The molecule has 1 aliphatic heterocycles. The van der Waals surface area contributed by atoms with Crippen molar-refractivity contribution < 1.29 is 38.4 Å². The van der Waals surface area contributed by atoms with E-state index in [9.17, 15) is 14.7 Å². The normalized spacial score (nSPS) is 23.8. The summed E-state index contributed by atoms with van der Waals surface area (Å²) < 4.78 is 29.5. The summed E-state index contributed by atoms with van der Waals surface area (Å²) in [6.07, 6.45) is -5.99. The number of esters is 1. The number of benzene rings is 2. The van der Waals surface area contributed by atoms with Crippen molar-refractivity contribution in [2.75, 3.05) is 18.5 Å². The summed E-state index contributed by atoms with van der Waals surface area (Å²) in [4.78, 5) is 25.7. The molecule has 3 rings (SSSR count). The lowest BCUT2D eigenvalue weighted by atomic mass is 9.98. The lowest BCUT2D eigenvalue weighted by molar-refractivity contribution is -0.305.